The maximum absolute atomic E-state index is 5.93. The van der Waals surface area contributed by atoms with Gasteiger partial charge in [-0.25, -0.2) is 4.98 Å². The molecule has 1 aliphatic heterocycles. The lowest BCUT2D eigenvalue weighted by Gasteiger charge is -2.21. The first-order valence-corrected chi connectivity index (χ1v) is 6.26. The third-order valence-electron chi connectivity index (χ3n) is 3.61. The highest BCUT2D eigenvalue weighted by atomic mass is 15.0. The zero-order chi connectivity index (χ0) is 11.7. The first-order valence-electron chi connectivity index (χ1n) is 6.26. The Bertz CT molecular complexity index is 511. The van der Waals surface area contributed by atoms with Crippen LogP contribution in [0.4, 0.5) is 5.69 Å². The number of rotatable bonds is 2. The van der Waals surface area contributed by atoms with Crippen molar-refractivity contribution in [3.05, 3.63) is 30.4 Å². The summed E-state index contributed by atoms with van der Waals surface area (Å²) in [5, 5.41) is 3.39. The normalized spacial score (nSPS) is 17.6. The molecule has 0 amide bonds. The van der Waals surface area contributed by atoms with Crippen LogP contribution in [0, 0.1) is 5.92 Å². The summed E-state index contributed by atoms with van der Waals surface area (Å²) in [6.45, 7) is 2.27. The van der Waals surface area contributed by atoms with E-state index in [1.54, 1.807) is 0 Å². The second-order valence-electron chi connectivity index (χ2n) is 4.79. The number of fused-ring (bicyclic) bond motifs is 1. The Balaban J connectivity index is 1.87. The fourth-order valence-electron chi connectivity index (χ4n) is 2.59. The fraction of sp³-hybridized carbons (Fsp3) is 0.462. The summed E-state index contributed by atoms with van der Waals surface area (Å²) < 4.78 is 2.12. The molecule has 0 radical (unpaired) electrons. The van der Waals surface area contributed by atoms with Gasteiger partial charge in [-0.2, -0.15) is 0 Å². The zero-order valence-corrected chi connectivity index (χ0v) is 9.89. The summed E-state index contributed by atoms with van der Waals surface area (Å²) in [5.74, 6) is 1.89. The van der Waals surface area contributed by atoms with Gasteiger partial charge in [-0.05, 0) is 44.0 Å². The van der Waals surface area contributed by atoms with E-state index >= 15 is 0 Å². The average molecular weight is 230 g/mol. The highest BCUT2D eigenvalue weighted by molar-refractivity contribution is 5.68. The Hall–Kier alpha value is -1.55. The molecule has 2 aromatic rings. The van der Waals surface area contributed by atoms with Gasteiger partial charge < -0.3 is 15.5 Å². The number of nitrogens with two attached hydrogens (primary N) is 1. The van der Waals surface area contributed by atoms with Gasteiger partial charge in [0.2, 0.25) is 0 Å². The summed E-state index contributed by atoms with van der Waals surface area (Å²) in [6.07, 6.45) is 7.48. The van der Waals surface area contributed by atoms with Crippen molar-refractivity contribution in [2.45, 2.75) is 19.3 Å². The number of hydrogen-bond acceptors (Lipinski definition) is 3. The van der Waals surface area contributed by atoms with Crippen LogP contribution in [-0.4, -0.2) is 22.5 Å². The van der Waals surface area contributed by atoms with Crippen molar-refractivity contribution in [2.75, 3.05) is 18.8 Å². The van der Waals surface area contributed by atoms with E-state index in [2.05, 4.69) is 20.9 Å². The molecule has 1 aliphatic rings. The van der Waals surface area contributed by atoms with Gasteiger partial charge in [0.15, 0.2) is 0 Å². The van der Waals surface area contributed by atoms with Gasteiger partial charge in [0, 0.05) is 12.6 Å². The Kier molecular flexibility index (Phi) is 2.73. The van der Waals surface area contributed by atoms with Crippen molar-refractivity contribution in [3.63, 3.8) is 0 Å². The van der Waals surface area contributed by atoms with E-state index in [0.29, 0.717) is 0 Å². The number of aromatic nitrogens is 2. The Morgan fingerprint density at radius 1 is 1.41 bits per heavy atom. The van der Waals surface area contributed by atoms with Crippen molar-refractivity contribution in [3.8, 4) is 0 Å². The molecule has 3 N–H and O–H groups in total. The molecule has 3 rings (SSSR count). The smallest absolute Gasteiger partial charge is 0.113 e. The van der Waals surface area contributed by atoms with Crippen LogP contribution in [0.3, 0.4) is 0 Å². The molecule has 0 unspecified atom stereocenters. The number of nitrogens with zero attached hydrogens (tertiary/aromatic N) is 2. The Morgan fingerprint density at radius 3 is 3.06 bits per heavy atom. The number of nitrogen functional groups attached to an aromatic ring is 1. The fourth-order valence-corrected chi connectivity index (χ4v) is 2.59. The molecule has 0 aromatic carbocycles. The van der Waals surface area contributed by atoms with Crippen molar-refractivity contribution in [1.29, 1.82) is 0 Å². The predicted octanol–water partition coefficient (Wildman–Crippen LogP) is 1.46. The van der Waals surface area contributed by atoms with E-state index in [9.17, 15) is 0 Å². The maximum atomic E-state index is 5.93. The molecule has 90 valence electrons. The van der Waals surface area contributed by atoms with Gasteiger partial charge in [-0.1, -0.05) is 0 Å². The number of hydrogen-bond donors (Lipinski definition) is 2. The van der Waals surface area contributed by atoms with E-state index in [0.717, 1.165) is 42.5 Å². The lowest BCUT2D eigenvalue weighted by Crippen LogP contribution is -2.29. The van der Waals surface area contributed by atoms with Crippen molar-refractivity contribution >= 4 is 11.2 Å². The molecule has 1 fully saturated rings. The predicted molar refractivity (Wildman–Crippen MR) is 68.9 cm³/mol. The molecule has 0 bridgehead atoms. The molecule has 17 heavy (non-hydrogen) atoms. The van der Waals surface area contributed by atoms with Crippen LogP contribution in [0.25, 0.3) is 5.52 Å². The van der Waals surface area contributed by atoms with Crippen LogP contribution >= 0.6 is 0 Å². The van der Waals surface area contributed by atoms with E-state index in [4.69, 9.17) is 5.73 Å². The largest absolute Gasteiger partial charge is 0.397 e. The molecule has 0 saturated carbocycles. The Labute approximate surface area is 101 Å². The third kappa shape index (κ3) is 2.00. The first-order chi connectivity index (χ1) is 8.34. The van der Waals surface area contributed by atoms with Crippen LogP contribution in [0.15, 0.2) is 24.5 Å². The van der Waals surface area contributed by atoms with E-state index in [1.807, 2.05) is 18.3 Å². The van der Waals surface area contributed by atoms with Crippen LogP contribution in [0.5, 0.6) is 0 Å². The van der Waals surface area contributed by atoms with Crippen LogP contribution in [0.1, 0.15) is 18.7 Å². The number of imidazole rings is 1. The molecule has 0 spiro atoms. The second kappa shape index (κ2) is 4.37. The van der Waals surface area contributed by atoms with Gasteiger partial charge in [-0.3, -0.25) is 0 Å². The van der Waals surface area contributed by atoms with E-state index in [1.165, 1.54) is 12.8 Å². The molecule has 1 saturated heterocycles. The molecule has 4 heteroatoms. The van der Waals surface area contributed by atoms with Gasteiger partial charge in [0.1, 0.15) is 5.82 Å². The zero-order valence-electron chi connectivity index (χ0n) is 9.89. The average Bonchev–Trinajstić information content (AvgIpc) is 2.76. The van der Waals surface area contributed by atoms with Gasteiger partial charge in [0.05, 0.1) is 17.4 Å². The minimum absolute atomic E-state index is 0.753. The second-order valence-corrected chi connectivity index (χ2v) is 4.79. The molecular weight excluding hydrogens is 212 g/mol. The number of anilines is 1. The monoisotopic (exact) mass is 230 g/mol. The highest BCUT2D eigenvalue weighted by Gasteiger charge is 2.16. The van der Waals surface area contributed by atoms with Gasteiger partial charge in [-0.15, -0.1) is 0 Å². The number of nitrogens with one attached hydrogen (secondary N) is 1. The summed E-state index contributed by atoms with van der Waals surface area (Å²) in [7, 11) is 0. The Morgan fingerprint density at radius 2 is 2.24 bits per heavy atom. The maximum Gasteiger partial charge on any atom is 0.113 e. The quantitative estimate of drug-likeness (QED) is 0.821. The first kappa shape index (κ1) is 10.6. The molecule has 3 heterocycles. The highest BCUT2D eigenvalue weighted by Crippen LogP contribution is 2.20. The molecular formula is C13H18N4. The summed E-state index contributed by atoms with van der Waals surface area (Å²) >= 11 is 0. The lowest BCUT2D eigenvalue weighted by atomic mass is 9.94. The van der Waals surface area contributed by atoms with Gasteiger partial charge in [0.25, 0.3) is 0 Å². The van der Waals surface area contributed by atoms with E-state index < -0.39 is 0 Å². The SMILES string of the molecule is Nc1cccn2c(CC3CCNCC3)ncc12. The lowest BCUT2D eigenvalue weighted by molar-refractivity contribution is 0.367. The van der Waals surface area contributed by atoms with Gasteiger partial charge >= 0.3 is 0 Å². The molecule has 4 nitrogen and oxygen atoms in total. The van der Waals surface area contributed by atoms with Crippen LogP contribution < -0.4 is 11.1 Å². The number of pyridine rings is 1. The standard InChI is InChI=1S/C13H18N4/c14-11-2-1-7-17-12(11)9-16-13(17)8-10-3-5-15-6-4-10/h1-2,7,9-10,15H,3-6,8,14H2. The minimum Gasteiger partial charge on any atom is -0.397 e. The third-order valence-corrected chi connectivity index (χ3v) is 3.61. The van der Waals surface area contributed by atoms with Crippen LogP contribution in [-0.2, 0) is 6.42 Å². The summed E-state index contributed by atoms with van der Waals surface area (Å²) in [6, 6.07) is 3.90. The van der Waals surface area contributed by atoms with Crippen molar-refractivity contribution in [2.24, 2.45) is 5.92 Å². The van der Waals surface area contributed by atoms with Crippen molar-refractivity contribution in [1.82, 2.24) is 14.7 Å². The summed E-state index contributed by atoms with van der Waals surface area (Å²) in [5.41, 5.74) is 7.76. The molecule has 0 atom stereocenters. The van der Waals surface area contributed by atoms with Crippen LogP contribution in [0.2, 0.25) is 0 Å². The van der Waals surface area contributed by atoms with E-state index in [-0.39, 0.29) is 0 Å². The minimum atomic E-state index is 0.753. The molecule has 2 aromatic heterocycles. The number of piperidine rings is 1. The summed E-state index contributed by atoms with van der Waals surface area (Å²) in [4.78, 5) is 4.51. The van der Waals surface area contributed by atoms with Crippen molar-refractivity contribution < 1.29 is 0 Å². The topological polar surface area (TPSA) is 55.4 Å². The molecule has 0 aliphatic carbocycles.